The van der Waals surface area contributed by atoms with Crippen molar-refractivity contribution in [2.24, 2.45) is 0 Å². The van der Waals surface area contributed by atoms with E-state index in [0.29, 0.717) is 28.3 Å². The fraction of sp³-hybridized carbons (Fsp3) is 0.0833. The molecule has 7 heteroatoms. The third-order valence-electron chi connectivity index (χ3n) is 5.31. The molecule has 1 amide bonds. The molecule has 1 unspecified atom stereocenters. The molecule has 0 saturated carbocycles. The van der Waals surface area contributed by atoms with Crippen LogP contribution in [-0.4, -0.2) is 23.6 Å². The second-order valence-electron chi connectivity index (χ2n) is 7.12. The summed E-state index contributed by atoms with van der Waals surface area (Å²) in [5.74, 6) is -1.37. The van der Waals surface area contributed by atoms with Crippen LogP contribution >= 0.6 is 0 Å². The Morgan fingerprint density at radius 3 is 2.39 bits per heavy atom. The number of hydrogen-bond acceptors (Lipinski definition) is 5. The molecule has 1 atom stereocenters. The lowest BCUT2D eigenvalue weighted by atomic mass is 9.95. The first-order valence-corrected chi connectivity index (χ1v) is 9.56. The lowest BCUT2D eigenvalue weighted by molar-refractivity contribution is -0.132. The fourth-order valence-corrected chi connectivity index (χ4v) is 3.85. The van der Waals surface area contributed by atoms with Crippen LogP contribution in [0.1, 0.15) is 17.2 Å². The molecule has 1 saturated heterocycles. The summed E-state index contributed by atoms with van der Waals surface area (Å²) in [6.07, 6.45) is 0. The Morgan fingerprint density at radius 2 is 1.65 bits per heavy atom. The summed E-state index contributed by atoms with van der Waals surface area (Å²) in [5.41, 5.74) is 1.23. The van der Waals surface area contributed by atoms with E-state index < -0.39 is 23.5 Å². The predicted octanol–water partition coefficient (Wildman–Crippen LogP) is 4.18. The Morgan fingerprint density at radius 1 is 0.935 bits per heavy atom. The monoisotopic (exact) mass is 417 g/mol. The number of halogens is 1. The molecule has 0 radical (unpaired) electrons. The minimum absolute atomic E-state index is 0.0561. The van der Waals surface area contributed by atoms with Gasteiger partial charge in [-0.3, -0.25) is 14.5 Å². The number of ketones is 1. The first kappa shape index (κ1) is 18.9. The first-order chi connectivity index (χ1) is 15.0. The molecule has 154 valence electrons. The lowest BCUT2D eigenvalue weighted by Gasteiger charge is -2.25. The molecular formula is C24H16FNO5. The van der Waals surface area contributed by atoms with Gasteiger partial charge in [-0.15, -0.1) is 0 Å². The smallest absolute Gasteiger partial charge is 0.300 e. The number of Topliss-reactive ketones (excluding diaryl/α,β-unsaturated/α-hetero) is 1. The van der Waals surface area contributed by atoms with Crippen molar-refractivity contribution in [3.8, 4) is 11.5 Å². The number of benzene rings is 3. The first-order valence-electron chi connectivity index (χ1n) is 9.56. The topological polar surface area (TPSA) is 76.1 Å². The van der Waals surface area contributed by atoms with E-state index >= 15 is 0 Å². The van der Waals surface area contributed by atoms with Crippen molar-refractivity contribution >= 4 is 23.1 Å². The number of carbonyl (C=O) groups excluding carboxylic acids is 2. The molecular weight excluding hydrogens is 401 g/mol. The van der Waals surface area contributed by atoms with E-state index in [1.54, 1.807) is 48.5 Å². The molecule has 1 fully saturated rings. The van der Waals surface area contributed by atoms with Gasteiger partial charge in [-0.05, 0) is 42.0 Å². The standard InChI is InChI=1S/C24H16FNO5/c25-16-7-9-17(10-8-16)26-21(15-6-11-18-19(12-15)31-13-30-18)20(23(28)24(26)29)22(27)14-4-2-1-3-5-14/h1-12,21,27H,13H2/b22-20-. The van der Waals surface area contributed by atoms with Gasteiger partial charge in [-0.2, -0.15) is 0 Å². The maximum absolute atomic E-state index is 13.5. The van der Waals surface area contributed by atoms with Crippen molar-refractivity contribution in [1.82, 2.24) is 0 Å². The minimum Gasteiger partial charge on any atom is -0.507 e. The van der Waals surface area contributed by atoms with Crippen molar-refractivity contribution < 1.29 is 28.6 Å². The van der Waals surface area contributed by atoms with E-state index in [1.165, 1.54) is 29.2 Å². The Bertz CT molecular complexity index is 1220. The largest absolute Gasteiger partial charge is 0.507 e. The van der Waals surface area contributed by atoms with Crippen LogP contribution < -0.4 is 14.4 Å². The summed E-state index contributed by atoms with van der Waals surface area (Å²) in [6, 6.07) is 17.9. The molecule has 6 nitrogen and oxygen atoms in total. The number of fused-ring (bicyclic) bond motifs is 1. The van der Waals surface area contributed by atoms with Gasteiger partial charge in [-0.1, -0.05) is 36.4 Å². The molecule has 0 aliphatic carbocycles. The quantitative estimate of drug-likeness (QED) is 0.393. The van der Waals surface area contributed by atoms with Gasteiger partial charge in [0.05, 0.1) is 11.6 Å². The number of rotatable bonds is 3. The van der Waals surface area contributed by atoms with Gasteiger partial charge < -0.3 is 14.6 Å². The number of ether oxygens (including phenoxy) is 2. The van der Waals surface area contributed by atoms with Gasteiger partial charge in [-0.25, -0.2) is 4.39 Å². The number of aliphatic hydroxyl groups is 1. The molecule has 2 aliphatic rings. The summed E-state index contributed by atoms with van der Waals surface area (Å²) in [7, 11) is 0. The molecule has 1 N–H and O–H groups in total. The van der Waals surface area contributed by atoms with E-state index in [-0.39, 0.29) is 18.1 Å². The Kier molecular flexibility index (Phi) is 4.43. The molecule has 0 aromatic heterocycles. The zero-order valence-electron chi connectivity index (χ0n) is 16.1. The number of anilines is 1. The van der Waals surface area contributed by atoms with Crippen molar-refractivity contribution in [3.63, 3.8) is 0 Å². The molecule has 0 bridgehead atoms. The maximum atomic E-state index is 13.5. The molecule has 3 aromatic rings. The fourth-order valence-electron chi connectivity index (χ4n) is 3.85. The van der Waals surface area contributed by atoms with Gasteiger partial charge in [0.1, 0.15) is 11.6 Å². The molecule has 0 spiro atoms. The summed E-state index contributed by atoms with van der Waals surface area (Å²) in [4.78, 5) is 27.3. The molecule has 31 heavy (non-hydrogen) atoms. The second-order valence-corrected chi connectivity index (χ2v) is 7.12. The zero-order valence-corrected chi connectivity index (χ0v) is 16.1. The molecule has 3 aromatic carbocycles. The SMILES string of the molecule is O=C1C(=O)N(c2ccc(F)cc2)C(c2ccc3c(c2)OCO3)/C1=C(/O)c1ccccc1. The summed E-state index contributed by atoms with van der Waals surface area (Å²) in [6.45, 7) is 0.0704. The average Bonchev–Trinajstić information content (AvgIpc) is 3.37. The number of carbonyl (C=O) groups is 2. The summed E-state index contributed by atoms with van der Waals surface area (Å²) < 4.78 is 24.3. The number of nitrogens with zero attached hydrogens (tertiary/aromatic N) is 1. The third kappa shape index (κ3) is 3.11. The van der Waals surface area contributed by atoms with Crippen molar-refractivity contribution in [1.29, 1.82) is 0 Å². The number of aliphatic hydroxyl groups excluding tert-OH is 1. The van der Waals surface area contributed by atoms with Crippen LogP contribution in [0.4, 0.5) is 10.1 Å². The highest BCUT2D eigenvalue weighted by molar-refractivity contribution is 6.51. The highest BCUT2D eigenvalue weighted by atomic mass is 19.1. The third-order valence-corrected chi connectivity index (χ3v) is 5.31. The Labute approximate surface area is 176 Å². The minimum atomic E-state index is -0.930. The molecule has 5 rings (SSSR count). The van der Waals surface area contributed by atoms with E-state index in [2.05, 4.69) is 0 Å². The van der Waals surface area contributed by atoms with Gasteiger partial charge in [0.25, 0.3) is 11.7 Å². The van der Waals surface area contributed by atoms with Crippen LogP contribution in [0.5, 0.6) is 11.5 Å². The number of hydrogen-bond donors (Lipinski definition) is 1. The van der Waals surface area contributed by atoms with E-state index in [0.717, 1.165) is 0 Å². The molecule has 2 aliphatic heterocycles. The van der Waals surface area contributed by atoms with Crippen molar-refractivity contribution in [2.75, 3.05) is 11.7 Å². The second kappa shape index (κ2) is 7.28. The lowest BCUT2D eigenvalue weighted by Crippen LogP contribution is -2.29. The maximum Gasteiger partial charge on any atom is 0.300 e. The van der Waals surface area contributed by atoms with Gasteiger partial charge in [0.2, 0.25) is 6.79 Å². The van der Waals surface area contributed by atoms with Crippen LogP contribution in [-0.2, 0) is 9.59 Å². The highest BCUT2D eigenvalue weighted by Gasteiger charge is 2.47. The van der Waals surface area contributed by atoms with Crippen LogP contribution in [0.3, 0.4) is 0 Å². The van der Waals surface area contributed by atoms with Gasteiger partial charge >= 0.3 is 0 Å². The number of amides is 1. The highest BCUT2D eigenvalue weighted by Crippen LogP contribution is 2.44. The zero-order chi connectivity index (χ0) is 21.5. The predicted molar refractivity (Wildman–Crippen MR) is 110 cm³/mol. The summed E-state index contributed by atoms with van der Waals surface area (Å²) in [5, 5.41) is 11.0. The Balaban J connectivity index is 1.72. The normalized spacial score (nSPS) is 19.1. The summed E-state index contributed by atoms with van der Waals surface area (Å²) >= 11 is 0. The van der Waals surface area contributed by atoms with Gasteiger partial charge in [0.15, 0.2) is 11.5 Å². The van der Waals surface area contributed by atoms with Crippen LogP contribution in [0.15, 0.2) is 78.4 Å². The average molecular weight is 417 g/mol. The van der Waals surface area contributed by atoms with Crippen LogP contribution in [0, 0.1) is 5.82 Å². The van der Waals surface area contributed by atoms with Crippen LogP contribution in [0.25, 0.3) is 5.76 Å². The van der Waals surface area contributed by atoms with Crippen LogP contribution in [0.2, 0.25) is 0 Å². The van der Waals surface area contributed by atoms with E-state index in [4.69, 9.17) is 9.47 Å². The van der Waals surface area contributed by atoms with Crippen molar-refractivity contribution in [3.05, 3.63) is 95.3 Å². The Hall–Kier alpha value is -4.13. The van der Waals surface area contributed by atoms with Crippen molar-refractivity contribution in [2.45, 2.75) is 6.04 Å². The molecule has 2 heterocycles. The van der Waals surface area contributed by atoms with E-state index in [1.807, 2.05) is 0 Å². The van der Waals surface area contributed by atoms with E-state index in [9.17, 15) is 19.1 Å². The van der Waals surface area contributed by atoms with Gasteiger partial charge in [0, 0.05) is 11.3 Å².